The lowest BCUT2D eigenvalue weighted by atomic mass is 10.1. The number of piperidine rings is 1. The number of nitrogens with one attached hydrogen (secondary N) is 1. The van der Waals surface area contributed by atoms with Gasteiger partial charge in [-0.25, -0.2) is 23.9 Å². The number of alkyl halides is 5. The summed E-state index contributed by atoms with van der Waals surface area (Å²) in [5.74, 6) is 3.09. The largest absolute Gasteiger partial charge is 0.416 e. The molecule has 6 nitrogen and oxygen atoms in total. The molecule has 2 aliphatic heterocycles. The van der Waals surface area contributed by atoms with Crippen LogP contribution < -0.4 is 5.43 Å². The second-order valence-corrected chi connectivity index (χ2v) is 13.5. The van der Waals surface area contributed by atoms with E-state index in [-0.39, 0.29) is 25.2 Å². The second-order valence-electron chi connectivity index (χ2n) is 11.6. The normalized spacial score (nSPS) is 17.9. The number of aromatic nitrogens is 2. The van der Waals surface area contributed by atoms with Crippen LogP contribution in [0.4, 0.5) is 22.0 Å². The van der Waals surface area contributed by atoms with Gasteiger partial charge in [0, 0.05) is 48.7 Å². The van der Waals surface area contributed by atoms with E-state index in [2.05, 4.69) is 17.3 Å². The molecule has 2 fully saturated rings. The molecule has 0 bridgehead atoms. The Morgan fingerprint density at radius 2 is 1.72 bits per heavy atom. The lowest BCUT2D eigenvalue weighted by molar-refractivity contribution is -0.137. The maximum atomic E-state index is 14.3. The molecule has 47 heavy (non-hydrogen) atoms. The highest BCUT2D eigenvalue weighted by molar-refractivity contribution is 7.16. The predicted octanol–water partition coefficient (Wildman–Crippen LogP) is 8.15. The minimum atomic E-state index is -4.44. The molecular weight excluding hydrogens is 680 g/mol. The van der Waals surface area contributed by atoms with E-state index in [4.69, 9.17) is 28.3 Å². The van der Waals surface area contributed by atoms with Crippen molar-refractivity contribution in [3.63, 3.8) is 0 Å². The summed E-state index contributed by atoms with van der Waals surface area (Å²) in [5, 5.41) is 19.0. The Bertz CT molecular complexity index is 1790. The summed E-state index contributed by atoms with van der Waals surface area (Å²) in [7, 11) is 0. The molecule has 0 saturated carbocycles. The van der Waals surface area contributed by atoms with Crippen LogP contribution in [0.5, 0.6) is 0 Å². The quantitative estimate of drug-likeness (QED) is 0.115. The standard InChI is InChI=1S/C33H30Cl2F5N5OS/c34-23-9-12-27(26(35)18-23)45-30(28-13-11-24(47-28)10-6-21-4-7-22(8-5-21)33(38,39)40)25(19-43-17-14-32(36,37)20-43)29(41-45)31(46)42-44-15-2-1-3-16-44/h4-5,7-9,11-13,18,31,42,46H,1-3,14-17,19-20H2. The van der Waals surface area contributed by atoms with Crippen molar-refractivity contribution in [3.05, 3.63) is 91.9 Å². The molecule has 2 aromatic carbocycles. The number of aliphatic hydroxyl groups is 1. The van der Waals surface area contributed by atoms with Crippen LogP contribution in [-0.4, -0.2) is 56.9 Å². The summed E-state index contributed by atoms with van der Waals surface area (Å²) in [6.45, 7) is 1.32. The Hall–Kier alpha value is -3.02. The number of halogens is 7. The first-order valence-electron chi connectivity index (χ1n) is 15.0. The molecule has 1 unspecified atom stereocenters. The minimum Gasteiger partial charge on any atom is -0.371 e. The van der Waals surface area contributed by atoms with Gasteiger partial charge in [0.25, 0.3) is 5.92 Å². The zero-order valence-corrected chi connectivity index (χ0v) is 27.3. The molecule has 14 heteroatoms. The van der Waals surface area contributed by atoms with Gasteiger partial charge in [-0.15, -0.1) is 11.3 Å². The summed E-state index contributed by atoms with van der Waals surface area (Å²) < 4.78 is 69.2. The predicted molar refractivity (Wildman–Crippen MR) is 173 cm³/mol. The van der Waals surface area contributed by atoms with Crippen LogP contribution in [0.15, 0.2) is 54.6 Å². The fourth-order valence-corrected chi connectivity index (χ4v) is 7.16. The molecule has 248 valence electrons. The van der Waals surface area contributed by atoms with Crippen molar-refractivity contribution < 1.29 is 27.1 Å². The van der Waals surface area contributed by atoms with E-state index in [1.807, 2.05) is 11.1 Å². The van der Waals surface area contributed by atoms with Gasteiger partial charge < -0.3 is 5.11 Å². The van der Waals surface area contributed by atoms with Crippen LogP contribution in [-0.2, 0) is 12.7 Å². The molecule has 2 aromatic heterocycles. The maximum absolute atomic E-state index is 14.3. The molecule has 4 heterocycles. The zero-order valence-electron chi connectivity index (χ0n) is 24.9. The van der Waals surface area contributed by atoms with E-state index in [0.29, 0.717) is 42.3 Å². The van der Waals surface area contributed by atoms with Gasteiger partial charge in [-0.05, 0) is 67.4 Å². The Kier molecular flexibility index (Phi) is 9.97. The van der Waals surface area contributed by atoms with E-state index in [1.54, 1.807) is 33.8 Å². The lowest BCUT2D eigenvalue weighted by Gasteiger charge is -2.29. The lowest BCUT2D eigenvalue weighted by Crippen LogP contribution is -2.44. The van der Waals surface area contributed by atoms with Crippen molar-refractivity contribution in [2.24, 2.45) is 0 Å². The minimum absolute atomic E-state index is 0.0919. The topological polar surface area (TPSA) is 56.6 Å². The van der Waals surface area contributed by atoms with Crippen molar-refractivity contribution in [1.29, 1.82) is 0 Å². The Morgan fingerprint density at radius 3 is 2.38 bits per heavy atom. The molecule has 0 radical (unpaired) electrons. The third-order valence-corrected chi connectivity index (χ3v) is 9.63. The van der Waals surface area contributed by atoms with Crippen LogP contribution in [0.25, 0.3) is 16.3 Å². The fraction of sp³-hybridized carbons (Fsp3) is 0.364. The number of aliphatic hydroxyl groups excluding tert-OH is 1. The molecule has 0 amide bonds. The van der Waals surface area contributed by atoms with E-state index in [9.17, 15) is 27.1 Å². The average Bonchev–Trinajstić information content (AvgIpc) is 3.73. The van der Waals surface area contributed by atoms with Crippen LogP contribution in [0.3, 0.4) is 0 Å². The molecule has 0 spiro atoms. The average molecular weight is 711 g/mol. The number of hydrogen-bond donors (Lipinski definition) is 2. The zero-order chi connectivity index (χ0) is 33.3. The summed E-state index contributed by atoms with van der Waals surface area (Å²) in [6, 6.07) is 13.1. The number of likely N-dealkylation sites (tertiary alicyclic amines) is 1. The van der Waals surface area contributed by atoms with Gasteiger partial charge in [-0.3, -0.25) is 4.90 Å². The van der Waals surface area contributed by atoms with Crippen LogP contribution in [0.1, 0.15) is 59.2 Å². The van der Waals surface area contributed by atoms with Gasteiger partial charge in [-0.1, -0.05) is 41.5 Å². The summed E-state index contributed by atoms with van der Waals surface area (Å²) in [4.78, 5) is 2.93. The summed E-state index contributed by atoms with van der Waals surface area (Å²) in [5.41, 5.74) is 4.65. The fourth-order valence-electron chi connectivity index (χ4n) is 5.75. The molecule has 2 N–H and O–H groups in total. The Balaban J connectivity index is 1.43. The van der Waals surface area contributed by atoms with Crippen LogP contribution >= 0.6 is 34.5 Å². The molecule has 0 aliphatic carbocycles. The highest BCUT2D eigenvalue weighted by atomic mass is 35.5. The van der Waals surface area contributed by atoms with Gasteiger partial charge in [0.05, 0.1) is 38.3 Å². The number of rotatable bonds is 7. The van der Waals surface area contributed by atoms with Gasteiger partial charge in [0.2, 0.25) is 0 Å². The first-order valence-corrected chi connectivity index (χ1v) is 16.6. The number of nitrogens with zero attached hydrogens (tertiary/aromatic N) is 4. The van der Waals surface area contributed by atoms with E-state index in [1.165, 1.54) is 23.5 Å². The third-order valence-electron chi connectivity index (χ3n) is 8.08. The van der Waals surface area contributed by atoms with Crippen molar-refractivity contribution in [1.82, 2.24) is 25.1 Å². The van der Waals surface area contributed by atoms with Gasteiger partial charge in [-0.2, -0.15) is 18.3 Å². The third kappa shape index (κ3) is 8.00. The molecule has 1 atom stereocenters. The Morgan fingerprint density at radius 1 is 0.979 bits per heavy atom. The molecule has 2 aliphatic rings. The summed E-state index contributed by atoms with van der Waals surface area (Å²) in [6.07, 6.45) is -2.91. The molecular formula is C33H30Cl2F5N5OS. The molecule has 4 aromatic rings. The van der Waals surface area contributed by atoms with Gasteiger partial charge >= 0.3 is 6.18 Å². The number of benzene rings is 2. The molecule has 6 rings (SSSR count). The number of thiophene rings is 1. The highest BCUT2D eigenvalue weighted by Gasteiger charge is 2.39. The number of hydrazine groups is 1. The highest BCUT2D eigenvalue weighted by Crippen LogP contribution is 2.39. The van der Waals surface area contributed by atoms with Crippen molar-refractivity contribution in [3.8, 4) is 28.1 Å². The van der Waals surface area contributed by atoms with Gasteiger partial charge in [0.15, 0.2) is 6.23 Å². The van der Waals surface area contributed by atoms with E-state index in [0.717, 1.165) is 44.5 Å². The van der Waals surface area contributed by atoms with E-state index >= 15 is 0 Å². The first kappa shape index (κ1) is 33.9. The maximum Gasteiger partial charge on any atom is 0.416 e. The Labute approximate surface area is 282 Å². The van der Waals surface area contributed by atoms with Crippen molar-refractivity contribution in [2.75, 3.05) is 26.2 Å². The molecule has 2 saturated heterocycles. The van der Waals surface area contributed by atoms with E-state index < -0.39 is 30.4 Å². The SMILES string of the molecule is OC(NN1CCCCC1)c1nn(-c2ccc(Cl)cc2Cl)c(-c2ccc(C#Cc3ccc(C(F)(F)F)cc3)s2)c1CN1CCC(F)(F)C1. The van der Waals surface area contributed by atoms with Gasteiger partial charge in [0.1, 0.15) is 5.69 Å². The van der Waals surface area contributed by atoms with Crippen molar-refractivity contribution in [2.45, 2.75) is 50.6 Å². The van der Waals surface area contributed by atoms with Crippen molar-refractivity contribution >= 4 is 34.5 Å². The van der Waals surface area contributed by atoms with Crippen LogP contribution in [0, 0.1) is 11.8 Å². The summed E-state index contributed by atoms with van der Waals surface area (Å²) >= 11 is 14.2. The smallest absolute Gasteiger partial charge is 0.371 e. The second kappa shape index (κ2) is 13.8. The number of hydrogen-bond acceptors (Lipinski definition) is 6. The monoisotopic (exact) mass is 709 g/mol. The first-order chi connectivity index (χ1) is 22.4. The van der Waals surface area contributed by atoms with Crippen LogP contribution in [0.2, 0.25) is 10.0 Å².